The maximum absolute atomic E-state index is 12.1. The van der Waals surface area contributed by atoms with Gasteiger partial charge < -0.3 is 16.2 Å². The lowest BCUT2D eigenvalue weighted by Gasteiger charge is -2.08. The number of benzene rings is 2. The fraction of sp³-hybridized carbons (Fsp3) is 0.0556. The molecule has 0 saturated heterocycles. The molecule has 0 fully saturated rings. The molecule has 1 amide bonds. The Kier molecular flexibility index (Phi) is 4.11. The molecule has 0 spiro atoms. The molecule has 0 bridgehead atoms. The second-order valence-corrected chi connectivity index (χ2v) is 5.17. The summed E-state index contributed by atoms with van der Waals surface area (Å²) in [7, 11) is 1.57. The molecule has 3 aromatic rings. The number of guanidine groups is 1. The number of ether oxygens (including phenoxy) is 1. The molecule has 6 heteroatoms. The van der Waals surface area contributed by atoms with Crippen LogP contribution in [0.25, 0.3) is 21.9 Å². The van der Waals surface area contributed by atoms with E-state index in [1.807, 2.05) is 30.3 Å². The smallest absolute Gasteiger partial charge is 0.280 e. The van der Waals surface area contributed by atoms with Crippen molar-refractivity contribution in [3.8, 4) is 17.0 Å². The number of methoxy groups -OCH3 is 1. The zero-order valence-electron chi connectivity index (χ0n) is 13.1. The Balaban J connectivity index is 2.13. The summed E-state index contributed by atoms with van der Waals surface area (Å²) in [5.41, 5.74) is 12.9. The quantitative estimate of drug-likeness (QED) is 0.569. The third-order valence-electron chi connectivity index (χ3n) is 3.62. The molecule has 0 unspecified atom stereocenters. The maximum atomic E-state index is 12.1. The van der Waals surface area contributed by atoms with Crippen molar-refractivity contribution in [2.24, 2.45) is 16.5 Å². The van der Waals surface area contributed by atoms with Gasteiger partial charge in [0.25, 0.3) is 5.91 Å². The summed E-state index contributed by atoms with van der Waals surface area (Å²) >= 11 is 0. The molecule has 0 atom stereocenters. The van der Waals surface area contributed by atoms with E-state index in [1.54, 1.807) is 31.5 Å². The number of nitrogens with two attached hydrogens (primary N) is 2. The van der Waals surface area contributed by atoms with Gasteiger partial charge in [0.05, 0.1) is 7.11 Å². The van der Waals surface area contributed by atoms with Gasteiger partial charge in [-0.15, -0.1) is 0 Å². The van der Waals surface area contributed by atoms with Gasteiger partial charge in [-0.1, -0.05) is 24.3 Å². The average Bonchev–Trinajstić information content (AvgIpc) is 2.60. The van der Waals surface area contributed by atoms with Crippen molar-refractivity contribution in [1.29, 1.82) is 0 Å². The van der Waals surface area contributed by atoms with Crippen molar-refractivity contribution in [3.05, 3.63) is 60.3 Å². The van der Waals surface area contributed by atoms with Crippen LogP contribution in [0.1, 0.15) is 10.4 Å². The van der Waals surface area contributed by atoms with Crippen LogP contribution in [0.15, 0.2) is 59.7 Å². The minimum absolute atomic E-state index is 0.257. The van der Waals surface area contributed by atoms with E-state index in [0.29, 0.717) is 11.4 Å². The molecule has 0 aliphatic carbocycles. The van der Waals surface area contributed by atoms with Gasteiger partial charge in [0, 0.05) is 23.4 Å². The topological polar surface area (TPSA) is 104 Å². The van der Waals surface area contributed by atoms with Crippen molar-refractivity contribution in [3.63, 3.8) is 0 Å². The summed E-state index contributed by atoms with van der Waals surface area (Å²) in [6, 6.07) is 15.0. The second-order valence-electron chi connectivity index (χ2n) is 5.17. The van der Waals surface area contributed by atoms with Crippen molar-refractivity contribution in [2.45, 2.75) is 0 Å². The number of hydrogen-bond acceptors (Lipinski definition) is 3. The number of rotatable bonds is 3. The van der Waals surface area contributed by atoms with Crippen LogP contribution in [-0.2, 0) is 0 Å². The average molecular weight is 320 g/mol. The van der Waals surface area contributed by atoms with E-state index in [-0.39, 0.29) is 5.96 Å². The van der Waals surface area contributed by atoms with E-state index in [9.17, 15) is 4.79 Å². The van der Waals surface area contributed by atoms with Gasteiger partial charge in [-0.3, -0.25) is 4.79 Å². The predicted molar refractivity (Wildman–Crippen MR) is 93.9 cm³/mol. The van der Waals surface area contributed by atoms with Crippen LogP contribution >= 0.6 is 0 Å². The molecular weight excluding hydrogens is 304 g/mol. The molecule has 0 saturated carbocycles. The summed E-state index contributed by atoms with van der Waals surface area (Å²) in [5, 5.41) is 1.92. The highest BCUT2D eigenvalue weighted by atomic mass is 16.5. The molecule has 120 valence electrons. The number of amides is 1. The fourth-order valence-corrected chi connectivity index (χ4v) is 2.50. The molecule has 1 aromatic heterocycles. The number of carbonyl (C=O) groups excluding carboxylic acids is 1. The van der Waals surface area contributed by atoms with Crippen LogP contribution in [0.4, 0.5) is 0 Å². The Morgan fingerprint density at radius 2 is 1.96 bits per heavy atom. The van der Waals surface area contributed by atoms with Crippen LogP contribution in [-0.4, -0.2) is 24.0 Å². The minimum Gasteiger partial charge on any atom is -0.481 e. The van der Waals surface area contributed by atoms with E-state index < -0.39 is 5.91 Å². The third-order valence-corrected chi connectivity index (χ3v) is 3.62. The monoisotopic (exact) mass is 320 g/mol. The largest absolute Gasteiger partial charge is 0.481 e. The maximum Gasteiger partial charge on any atom is 0.280 e. The van der Waals surface area contributed by atoms with Crippen molar-refractivity contribution in [2.75, 3.05) is 7.11 Å². The summed E-state index contributed by atoms with van der Waals surface area (Å²) in [4.78, 5) is 19.9. The van der Waals surface area contributed by atoms with Crippen molar-refractivity contribution >= 4 is 22.6 Å². The molecule has 0 aliphatic rings. The highest BCUT2D eigenvalue weighted by Gasteiger charge is 2.09. The molecule has 0 radical (unpaired) electrons. The van der Waals surface area contributed by atoms with Crippen LogP contribution in [0.5, 0.6) is 5.88 Å². The van der Waals surface area contributed by atoms with Gasteiger partial charge in [-0.05, 0) is 34.5 Å². The number of aliphatic imine (C=N–C) groups is 1. The summed E-state index contributed by atoms with van der Waals surface area (Å²) in [6.45, 7) is 0. The number of aromatic nitrogens is 1. The molecular formula is C18H16N4O2. The first kappa shape index (κ1) is 15.5. The number of fused-ring (bicyclic) bond motifs is 1. The lowest BCUT2D eigenvalue weighted by molar-refractivity contribution is 0.100. The standard InChI is InChI=1S/C18H16N4O2/c1-24-16-8-7-13(10-21-16)14-4-2-3-11-5-6-12(9-15(11)14)17(23)22-18(19)20/h2-10H,1H3,(H4,19,20,22,23). The molecule has 2 aromatic carbocycles. The van der Waals surface area contributed by atoms with E-state index in [4.69, 9.17) is 16.2 Å². The Hall–Kier alpha value is -3.41. The van der Waals surface area contributed by atoms with Gasteiger partial charge in [-0.25, -0.2) is 4.98 Å². The van der Waals surface area contributed by atoms with Crippen LogP contribution in [0, 0.1) is 0 Å². The second kappa shape index (κ2) is 6.37. The van der Waals surface area contributed by atoms with E-state index in [2.05, 4.69) is 9.98 Å². The number of carbonyl (C=O) groups is 1. The summed E-state index contributed by atoms with van der Waals surface area (Å²) in [5.74, 6) is -0.185. The molecule has 6 nitrogen and oxygen atoms in total. The van der Waals surface area contributed by atoms with Crippen LogP contribution in [0.3, 0.4) is 0 Å². The van der Waals surface area contributed by atoms with E-state index >= 15 is 0 Å². The van der Waals surface area contributed by atoms with Gasteiger partial charge in [0.1, 0.15) is 0 Å². The lowest BCUT2D eigenvalue weighted by Crippen LogP contribution is -2.24. The SMILES string of the molecule is COc1ccc(-c2cccc3ccc(C(=O)N=C(N)N)cc23)cn1. The first-order chi connectivity index (χ1) is 11.6. The van der Waals surface area contributed by atoms with E-state index in [1.165, 1.54) is 0 Å². The summed E-state index contributed by atoms with van der Waals surface area (Å²) in [6.07, 6.45) is 1.73. The van der Waals surface area contributed by atoms with E-state index in [0.717, 1.165) is 21.9 Å². The lowest BCUT2D eigenvalue weighted by atomic mass is 9.97. The zero-order chi connectivity index (χ0) is 17.1. The fourth-order valence-electron chi connectivity index (χ4n) is 2.50. The molecule has 24 heavy (non-hydrogen) atoms. The predicted octanol–water partition coefficient (Wildman–Crippen LogP) is 2.32. The number of hydrogen-bond donors (Lipinski definition) is 2. The molecule has 0 aliphatic heterocycles. The third kappa shape index (κ3) is 3.03. The Bertz CT molecular complexity index is 929. The normalized spacial score (nSPS) is 10.4. The Labute approximate surface area is 138 Å². The number of pyridine rings is 1. The van der Waals surface area contributed by atoms with Crippen molar-refractivity contribution < 1.29 is 9.53 Å². The van der Waals surface area contributed by atoms with Gasteiger partial charge in [0.15, 0.2) is 5.96 Å². The molecule has 3 rings (SSSR count). The Morgan fingerprint density at radius 3 is 2.62 bits per heavy atom. The van der Waals surface area contributed by atoms with Gasteiger partial charge in [0.2, 0.25) is 5.88 Å². The van der Waals surface area contributed by atoms with Crippen LogP contribution < -0.4 is 16.2 Å². The summed E-state index contributed by atoms with van der Waals surface area (Å²) < 4.78 is 5.09. The first-order valence-electron chi connectivity index (χ1n) is 7.25. The highest BCUT2D eigenvalue weighted by Crippen LogP contribution is 2.29. The van der Waals surface area contributed by atoms with Gasteiger partial charge >= 0.3 is 0 Å². The van der Waals surface area contributed by atoms with Crippen LogP contribution in [0.2, 0.25) is 0 Å². The molecule has 4 N–H and O–H groups in total. The molecule has 1 heterocycles. The highest BCUT2D eigenvalue weighted by molar-refractivity contribution is 6.06. The first-order valence-corrected chi connectivity index (χ1v) is 7.25. The number of nitrogens with zero attached hydrogens (tertiary/aromatic N) is 2. The minimum atomic E-state index is -0.473. The zero-order valence-corrected chi connectivity index (χ0v) is 13.1. The van der Waals surface area contributed by atoms with Crippen molar-refractivity contribution in [1.82, 2.24) is 4.98 Å². The van der Waals surface area contributed by atoms with Gasteiger partial charge in [-0.2, -0.15) is 4.99 Å². The Morgan fingerprint density at radius 1 is 1.12 bits per heavy atom.